The molecule has 0 saturated heterocycles. The van der Waals surface area contributed by atoms with Gasteiger partial charge in [0.05, 0.1) is 33.8 Å². The minimum Gasteiger partial charge on any atom is -0.493 e. The van der Waals surface area contributed by atoms with Gasteiger partial charge in [0.25, 0.3) is 5.91 Å². The van der Waals surface area contributed by atoms with Crippen LogP contribution in [0.4, 0.5) is 0 Å². The second-order valence-corrected chi connectivity index (χ2v) is 6.82. The van der Waals surface area contributed by atoms with Crippen LogP contribution in [0.3, 0.4) is 0 Å². The molecule has 3 rings (SSSR count). The van der Waals surface area contributed by atoms with E-state index in [1.54, 1.807) is 19.1 Å². The van der Waals surface area contributed by atoms with Gasteiger partial charge in [-0.15, -0.1) is 0 Å². The average Bonchev–Trinajstić information content (AvgIpc) is 2.72. The molecule has 1 atom stereocenters. The summed E-state index contributed by atoms with van der Waals surface area (Å²) < 4.78 is 15.7. The van der Waals surface area contributed by atoms with Crippen molar-refractivity contribution in [3.05, 3.63) is 58.7 Å². The second kappa shape index (κ2) is 8.33. The molecular weight excluding hydrogens is 358 g/mol. The minimum absolute atomic E-state index is 0.0799. The summed E-state index contributed by atoms with van der Waals surface area (Å²) >= 11 is 0. The summed E-state index contributed by atoms with van der Waals surface area (Å²) in [7, 11) is 4.51. The molecule has 2 aromatic rings. The predicted octanol–water partition coefficient (Wildman–Crippen LogP) is 3.31. The summed E-state index contributed by atoms with van der Waals surface area (Å²) in [6.07, 6.45) is 0.752. The Balaban J connectivity index is 2.03. The predicted molar refractivity (Wildman–Crippen MR) is 105 cm³/mol. The molecule has 1 aliphatic rings. The molecule has 0 bridgehead atoms. The number of methoxy groups -OCH3 is 3. The topological polar surface area (TPSA) is 65.1 Å². The van der Waals surface area contributed by atoms with Crippen molar-refractivity contribution in [2.45, 2.75) is 25.8 Å². The van der Waals surface area contributed by atoms with Crippen molar-refractivity contribution in [1.82, 2.24) is 4.90 Å². The lowest BCUT2D eigenvalue weighted by Crippen LogP contribution is -2.41. The number of benzene rings is 2. The lowest BCUT2D eigenvalue weighted by Gasteiger charge is -2.37. The lowest BCUT2D eigenvalue weighted by atomic mass is 9.89. The fourth-order valence-corrected chi connectivity index (χ4v) is 3.59. The summed E-state index contributed by atoms with van der Waals surface area (Å²) in [5, 5.41) is 0. The molecule has 1 amide bonds. The fraction of sp³-hybridized carbons (Fsp3) is 0.364. The van der Waals surface area contributed by atoms with Crippen LogP contribution in [0.5, 0.6) is 11.5 Å². The first-order valence-electron chi connectivity index (χ1n) is 9.17. The maximum atomic E-state index is 13.2. The number of carbonyl (C=O) groups excluding carboxylic acids is 2. The summed E-state index contributed by atoms with van der Waals surface area (Å²) in [5.74, 6) is 0.737. The number of ether oxygens (including phenoxy) is 3. The Morgan fingerprint density at radius 2 is 1.68 bits per heavy atom. The van der Waals surface area contributed by atoms with Crippen LogP contribution in [0, 0.1) is 6.92 Å². The highest BCUT2D eigenvalue weighted by molar-refractivity contribution is 5.95. The summed E-state index contributed by atoms with van der Waals surface area (Å²) in [6, 6.07) is 10.8. The van der Waals surface area contributed by atoms with Gasteiger partial charge in [0, 0.05) is 12.1 Å². The largest absolute Gasteiger partial charge is 0.493 e. The number of nitrogens with zero attached hydrogens (tertiary/aromatic N) is 1. The molecule has 0 N–H and O–H groups in total. The molecule has 0 aliphatic carbocycles. The standard InChI is InChI=1S/C22H25NO5/c1-14-5-7-15(8-6-14)22(25)23-10-9-16-11-19(26-2)20(27-3)12-17(16)18(23)13-21(24)28-4/h5-8,11-12,18H,9-10,13H2,1-4H3/t18-/m0/s1. The van der Waals surface area contributed by atoms with Gasteiger partial charge in [0.15, 0.2) is 11.5 Å². The van der Waals surface area contributed by atoms with Crippen LogP contribution >= 0.6 is 0 Å². The van der Waals surface area contributed by atoms with Crippen LogP contribution in [0.15, 0.2) is 36.4 Å². The van der Waals surface area contributed by atoms with E-state index in [-0.39, 0.29) is 18.3 Å². The van der Waals surface area contributed by atoms with E-state index in [0.29, 0.717) is 30.0 Å². The first-order valence-corrected chi connectivity index (χ1v) is 9.17. The van der Waals surface area contributed by atoms with Crippen molar-refractivity contribution < 1.29 is 23.8 Å². The maximum absolute atomic E-state index is 13.2. The number of aryl methyl sites for hydroxylation is 1. The third-order valence-electron chi connectivity index (χ3n) is 5.15. The minimum atomic E-state index is -0.426. The number of esters is 1. The fourth-order valence-electron chi connectivity index (χ4n) is 3.59. The van der Waals surface area contributed by atoms with E-state index in [9.17, 15) is 9.59 Å². The van der Waals surface area contributed by atoms with Gasteiger partial charge in [-0.05, 0) is 48.7 Å². The van der Waals surface area contributed by atoms with Crippen molar-refractivity contribution in [2.24, 2.45) is 0 Å². The zero-order chi connectivity index (χ0) is 20.3. The maximum Gasteiger partial charge on any atom is 0.307 e. The normalized spacial score (nSPS) is 15.6. The highest BCUT2D eigenvalue weighted by atomic mass is 16.5. The zero-order valence-electron chi connectivity index (χ0n) is 16.7. The van der Waals surface area contributed by atoms with Crippen LogP contribution in [-0.2, 0) is 16.0 Å². The molecule has 0 spiro atoms. The highest BCUT2D eigenvalue weighted by Crippen LogP contribution is 2.40. The molecular formula is C22H25NO5. The Kier molecular flexibility index (Phi) is 5.87. The van der Waals surface area contributed by atoms with E-state index in [4.69, 9.17) is 14.2 Å². The van der Waals surface area contributed by atoms with Crippen molar-refractivity contribution in [3.63, 3.8) is 0 Å². The van der Waals surface area contributed by atoms with Crippen LogP contribution in [0.1, 0.15) is 39.5 Å². The number of carbonyl (C=O) groups is 2. The van der Waals surface area contributed by atoms with Gasteiger partial charge >= 0.3 is 5.97 Å². The van der Waals surface area contributed by atoms with Gasteiger partial charge in [0.2, 0.25) is 0 Å². The van der Waals surface area contributed by atoms with Crippen molar-refractivity contribution in [2.75, 3.05) is 27.9 Å². The quantitative estimate of drug-likeness (QED) is 0.741. The molecule has 28 heavy (non-hydrogen) atoms. The SMILES string of the molecule is COC(=O)C[C@H]1c2cc(OC)c(OC)cc2CCN1C(=O)c1ccc(C)cc1. The number of hydrogen-bond acceptors (Lipinski definition) is 5. The molecule has 6 heteroatoms. The number of amides is 1. The lowest BCUT2D eigenvalue weighted by molar-refractivity contribution is -0.141. The third kappa shape index (κ3) is 3.81. The molecule has 0 unspecified atom stereocenters. The molecule has 0 aromatic heterocycles. The van der Waals surface area contributed by atoms with E-state index in [1.807, 2.05) is 43.3 Å². The van der Waals surface area contributed by atoms with Crippen LogP contribution in [-0.4, -0.2) is 44.7 Å². The van der Waals surface area contributed by atoms with Gasteiger partial charge in [-0.2, -0.15) is 0 Å². The Hall–Kier alpha value is -3.02. The Morgan fingerprint density at radius 3 is 2.29 bits per heavy atom. The first-order chi connectivity index (χ1) is 13.5. The monoisotopic (exact) mass is 383 g/mol. The van der Waals surface area contributed by atoms with Gasteiger partial charge < -0.3 is 19.1 Å². The second-order valence-electron chi connectivity index (χ2n) is 6.82. The zero-order valence-corrected chi connectivity index (χ0v) is 16.7. The molecule has 2 aromatic carbocycles. The molecule has 0 radical (unpaired) electrons. The van der Waals surface area contributed by atoms with Gasteiger partial charge in [-0.25, -0.2) is 0 Å². The molecule has 0 saturated carbocycles. The van der Waals surface area contributed by atoms with E-state index >= 15 is 0 Å². The molecule has 1 aliphatic heterocycles. The summed E-state index contributed by atoms with van der Waals surface area (Å²) in [5.41, 5.74) is 3.61. The van der Waals surface area contributed by atoms with E-state index in [2.05, 4.69) is 0 Å². The molecule has 6 nitrogen and oxygen atoms in total. The van der Waals surface area contributed by atoms with Crippen LogP contribution in [0.25, 0.3) is 0 Å². The molecule has 0 fully saturated rings. The summed E-state index contributed by atoms with van der Waals surface area (Å²) in [6.45, 7) is 2.49. The van der Waals surface area contributed by atoms with Gasteiger partial charge in [-0.3, -0.25) is 9.59 Å². The Labute approximate surface area is 165 Å². The van der Waals surface area contributed by atoms with Crippen LogP contribution < -0.4 is 9.47 Å². The summed E-state index contributed by atoms with van der Waals surface area (Å²) in [4.78, 5) is 27.0. The molecule has 1 heterocycles. The van der Waals surface area contributed by atoms with Crippen LogP contribution in [0.2, 0.25) is 0 Å². The number of rotatable bonds is 5. The smallest absolute Gasteiger partial charge is 0.307 e. The van der Waals surface area contributed by atoms with Crippen molar-refractivity contribution >= 4 is 11.9 Å². The highest BCUT2D eigenvalue weighted by Gasteiger charge is 2.34. The van der Waals surface area contributed by atoms with E-state index in [0.717, 1.165) is 16.7 Å². The Bertz CT molecular complexity index is 875. The third-order valence-corrected chi connectivity index (χ3v) is 5.15. The van der Waals surface area contributed by atoms with E-state index in [1.165, 1.54) is 7.11 Å². The Morgan fingerprint density at radius 1 is 1.04 bits per heavy atom. The molecule has 148 valence electrons. The average molecular weight is 383 g/mol. The number of hydrogen-bond donors (Lipinski definition) is 0. The van der Waals surface area contributed by atoms with Gasteiger partial charge in [0.1, 0.15) is 0 Å². The van der Waals surface area contributed by atoms with Crippen molar-refractivity contribution in [3.8, 4) is 11.5 Å². The van der Waals surface area contributed by atoms with Crippen molar-refractivity contribution in [1.29, 1.82) is 0 Å². The number of fused-ring (bicyclic) bond motifs is 1. The van der Waals surface area contributed by atoms with Gasteiger partial charge in [-0.1, -0.05) is 17.7 Å². The first kappa shape index (κ1) is 19.7. The van der Waals surface area contributed by atoms with E-state index < -0.39 is 6.04 Å².